The Balaban J connectivity index is 1.64. The zero-order valence-corrected chi connectivity index (χ0v) is 17.2. The predicted octanol–water partition coefficient (Wildman–Crippen LogP) is 5.24. The largest absolute Gasteiger partial charge is 0.410 e. The van der Waals surface area contributed by atoms with E-state index in [2.05, 4.69) is 31.7 Å². The van der Waals surface area contributed by atoms with E-state index in [9.17, 15) is 18.0 Å². The van der Waals surface area contributed by atoms with Crippen molar-refractivity contribution in [3.8, 4) is 0 Å². The van der Waals surface area contributed by atoms with Crippen molar-refractivity contribution in [1.82, 2.24) is 15.1 Å². The Kier molecular flexibility index (Phi) is 5.55. The number of aromatic nitrogens is 2. The molecule has 1 amide bonds. The summed E-state index contributed by atoms with van der Waals surface area (Å²) in [6, 6.07) is 15.8. The molecule has 2 N–H and O–H groups in total. The zero-order valence-electron chi connectivity index (χ0n) is 15.7. The topological polar surface area (TPSA) is 59.0 Å². The van der Waals surface area contributed by atoms with Gasteiger partial charge in [0.2, 0.25) is 0 Å². The van der Waals surface area contributed by atoms with E-state index in [-0.39, 0.29) is 29.0 Å². The number of benzene rings is 2. The van der Waals surface area contributed by atoms with E-state index in [1.165, 1.54) is 0 Å². The molecule has 0 unspecified atom stereocenters. The minimum atomic E-state index is -4.51. The Hall–Kier alpha value is -2.81. The third-order valence-electron chi connectivity index (χ3n) is 5.01. The van der Waals surface area contributed by atoms with Crippen molar-refractivity contribution in [1.29, 1.82) is 0 Å². The van der Waals surface area contributed by atoms with E-state index in [0.29, 0.717) is 0 Å². The molecule has 1 aliphatic heterocycles. The Bertz CT molecular complexity index is 1040. The molecule has 2 aromatic carbocycles. The van der Waals surface area contributed by atoms with E-state index >= 15 is 0 Å². The van der Waals surface area contributed by atoms with Gasteiger partial charge in [-0.2, -0.15) is 18.3 Å². The van der Waals surface area contributed by atoms with Gasteiger partial charge in [-0.05, 0) is 27.1 Å². The van der Waals surface area contributed by atoms with E-state index < -0.39 is 24.2 Å². The van der Waals surface area contributed by atoms with Crippen LogP contribution in [-0.2, 0) is 6.54 Å². The fraction of sp³-hybridized carbons (Fsp3) is 0.238. The lowest BCUT2D eigenvalue weighted by atomic mass is 9.97. The molecular weight excluding hydrogens is 461 g/mol. The Morgan fingerprint density at radius 1 is 1.13 bits per heavy atom. The predicted molar refractivity (Wildman–Crippen MR) is 110 cm³/mol. The maximum atomic E-state index is 13.8. The molecule has 0 aliphatic carbocycles. The molecule has 2 atom stereocenters. The molecule has 30 heavy (non-hydrogen) atoms. The highest BCUT2D eigenvalue weighted by Crippen LogP contribution is 2.46. The van der Waals surface area contributed by atoms with Crippen molar-refractivity contribution in [2.24, 2.45) is 0 Å². The molecule has 9 heteroatoms. The number of anilines is 1. The average Bonchev–Trinajstić information content (AvgIpc) is 3.08. The lowest BCUT2D eigenvalue weighted by molar-refractivity contribution is -0.173. The standard InChI is InChI=1S/C21H18BrF3N4O/c22-17-18(20(30)26-12-13-7-3-1-4-8-13)28-29-16(21(23,24)25)11-15(27-19(17)29)14-9-5-2-6-10-14/h1-10,15-16,27H,11-12H2,(H,26,30)/t15-,16-/m1/s1. The first-order valence-corrected chi connectivity index (χ1v) is 10.1. The second-order valence-electron chi connectivity index (χ2n) is 7.02. The van der Waals surface area contributed by atoms with Gasteiger partial charge in [0, 0.05) is 13.0 Å². The number of halogens is 4. The molecule has 0 spiro atoms. The van der Waals surface area contributed by atoms with Crippen molar-refractivity contribution >= 4 is 27.7 Å². The van der Waals surface area contributed by atoms with Gasteiger partial charge in [0.15, 0.2) is 11.7 Å². The van der Waals surface area contributed by atoms with Crippen molar-refractivity contribution < 1.29 is 18.0 Å². The Morgan fingerprint density at radius 2 is 1.77 bits per heavy atom. The highest BCUT2D eigenvalue weighted by atomic mass is 79.9. The van der Waals surface area contributed by atoms with Crippen LogP contribution in [0, 0.1) is 0 Å². The quantitative estimate of drug-likeness (QED) is 0.539. The van der Waals surface area contributed by atoms with Crippen LogP contribution >= 0.6 is 15.9 Å². The van der Waals surface area contributed by atoms with Crippen LogP contribution in [0.2, 0.25) is 0 Å². The second kappa shape index (κ2) is 8.14. The number of fused-ring (bicyclic) bond motifs is 1. The number of hydrogen-bond acceptors (Lipinski definition) is 3. The lowest BCUT2D eigenvalue weighted by Gasteiger charge is -2.33. The summed E-state index contributed by atoms with van der Waals surface area (Å²) in [6.07, 6.45) is -4.73. The van der Waals surface area contributed by atoms with E-state index in [1.807, 2.05) is 36.4 Å². The number of carbonyl (C=O) groups is 1. The van der Waals surface area contributed by atoms with Gasteiger partial charge in [-0.15, -0.1) is 0 Å². The molecular formula is C21H18BrF3N4O. The van der Waals surface area contributed by atoms with Crippen molar-refractivity contribution in [3.05, 3.63) is 82.0 Å². The first-order chi connectivity index (χ1) is 14.3. The van der Waals surface area contributed by atoms with Crippen LogP contribution in [0.5, 0.6) is 0 Å². The molecule has 0 saturated heterocycles. The summed E-state index contributed by atoms with van der Waals surface area (Å²) < 4.78 is 42.5. The highest BCUT2D eigenvalue weighted by Gasteiger charge is 2.47. The Labute approximate surface area is 179 Å². The Morgan fingerprint density at radius 3 is 2.40 bits per heavy atom. The fourth-order valence-corrected chi connectivity index (χ4v) is 4.06. The SMILES string of the molecule is O=C(NCc1ccccc1)c1nn2c(c1Br)N[C@@H](c1ccccc1)C[C@@H]2C(F)(F)F. The monoisotopic (exact) mass is 478 g/mol. The molecule has 4 rings (SSSR count). The van der Waals surface area contributed by atoms with Gasteiger partial charge in [-0.1, -0.05) is 60.7 Å². The number of hydrogen-bond donors (Lipinski definition) is 2. The van der Waals surface area contributed by atoms with Crippen LogP contribution in [0.15, 0.2) is 65.1 Å². The molecule has 1 aromatic heterocycles. The maximum Gasteiger partial charge on any atom is 0.410 e. The van der Waals surface area contributed by atoms with Crippen LogP contribution in [0.1, 0.15) is 40.1 Å². The van der Waals surface area contributed by atoms with E-state index in [1.54, 1.807) is 24.3 Å². The van der Waals surface area contributed by atoms with Crippen LogP contribution in [0.25, 0.3) is 0 Å². The minimum Gasteiger partial charge on any atom is -0.362 e. The second-order valence-corrected chi connectivity index (χ2v) is 7.82. The smallest absolute Gasteiger partial charge is 0.362 e. The van der Waals surface area contributed by atoms with Gasteiger partial charge in [-0.25, -0.2) is 4.68 Å². The summed E-state index contributed by atoms with van der Waals surface area (Å²) in [5.41, 5.74) is 1.53. The summed E-state index contributed by atoms with van der Waals surface area (Å²) in [5, 5.41) is 9.83. The van der Waals surface area contributed by atoms with Crippen molar-refractivity contribution in [3.63, 3.8) is 0 Å². The molecule has 0 bridgehead atoms. The van der Waals surface area contributed by atoms with Gasteiger partial charge in [0.1, 0.15) is 5.82 Å². The molecule has 5 nitrogen and oxygen atoms in total. The molecule has 156 valence electrons. The number of carbonyl (C=O) groups excluding carboxylic acids is 1. The number of nitrogens with one attached hydrogen (secondary N) is 2. The van der Waals surface area contributed by atoms with E-state index in [0.717, 1.165) is 15.8 Å². The molecule has 0 radical (unpaired) electrons. The van der Waals surface area contributed by atoms with Crippen LogP contribution in [-0.4, -0.2) is 21.9 Å². The normalized spacial score (nSPS) is 18.4. The van der Waals surface area contributed by atoms with Crippen LogP contribution in [0.4, 0.5) is 19.0 Å². The number of nitrogens with zero attached hydrogens (tertiary/aromatic N) is 2. The zero-order chi connectivity index (χ0) is 21.3. The summed E-state index contributed by atoms with van der Waals surface area (Å²) in [7, 11) is 0. The number of alkyl halides is 3. The average molecular weight is 479 g/mol. The summed E-state index contributed by atoms with van der Waals surface area (Å²) in [5.74, 6) is -0.408. The van der Waals surface area contributed by atoms with Gasteiger partial charge in [-0.3, -0.25) is 4.79 Å². The number of amides is 1. The van der Waals surface area contributed by atoms with E-state index in [4.69, 9.17) is 0 Å². The highest BCUT2D eigenvalue weighted by molar-refractivity contribution is 9.10. The summed E-state index contributed by atoms with van der Waals surface area (Å²) in [4.78, 5) is 12.6. The van der Waals surface area contributed by atoms with Crippen molar-refractivity contribution in [2.45, 2.75) is 31.2 Å². The lowest BCUT2D eigenvalue weighted by Crippen LogP contribution is -2.35. The first-order valence-electron chi connectivity index (χ1n) is 9.33. The van der Waals surface area contributed by atoms with Gasteiger partial charge in [0.05, 0.1) is 10.5 Å². The molecule has 3 aromatic rings. The first kappa shape index (κ1) is 20.5. The molecule has 0 saturated carbocycles. The van der Waals surface area contributed by atoms with Gasteiger partial charge < -0.3 is 10.6 Å². The summed E-state index contributed by atoms with van der Waals surface area (Å²) >= 11 is 3.28. The minimum absolute atomic E-state index is 0.0867. The maximum absolute atomic E-state index is 13.8. The fourth-order valence-electron chi connectivity index (χ4n) is 3.50. The van der Waals surface area contributed by atoms with Crippen molar-refractivity contribution in [2.75, 3.05) is 5.32 Å². The van der Waals surface area contributed by atoms with Crippen LogP contribution in [0.3, 0.4) is 0 Å². The molecule has 0 fully saturated rings. The number of rotatable bonds is 4. The molecule has 2 heterocycles. The van der Waals surface area contributed by atoms with Crippen LogP contribution < -0.4 is 10.6 Å². The third kappa shape index (κ3) is 4.07. The van der Waals surface area contributed by atoms with Gasteiger partial charge in [0.25, 0.3) is 5.91 Å². The molecule has 1 aliphatic rings. The summed E-state index contributed by atoms with van der Waals surface area (Å²) in [6.45, 7) is 0.247. The third-order valence-corrected chi connectivity index (χ3v) is 5.76. The van der Waals surface area contributed by atoms with Gasteiger partial charge >= 0.3 is 6.18 Å².